The zero-order valence-electron chi connectivity index (χ0n) is 9.04. The van der Waals surface area contributed by atoms with Crippen LogP contribution >= 0.6 is 15.9 Å². The predicted molar refractivity (Wildman–Crippen MR) is 63.8 cm³/mol. The smallest absolute Gasteiger partial charge is 0.254 e. The van der Waals surface area contributed by atoms with E-state index in [2.05, 4.69) is 15.9 Å². The number of carbonyl (C=O) groups is 1. The van der Waals surface area contributed by atoms with Gasteiger partial charge < -0.3 is 4.90 Å². The third-order valence-electron chi connectivity index (χ3n) is 2.76. The minimum atomic E-state index is -0.342. The Morgan fingerprint density at radius 1 is 1.56 bits per heavy atom. The number of hydrogen-bond acceptors (Lipinski definition) is 1. The number of carbonyl (C=O) groups excluding carboxylic acids is 1. The molecule has 0 radical (unpaired) electrons. The van der Waals surface area contributed by atoms with Crippen molar-refractivity contribution < 1.29 is 9.18 Å². The van der Waals surface area contributed by atoms with E-state index in [0.29, 0.717) is 22.6 Å². The zero-order chi connectivity index (χ0) is 11.7. The van der Waals surface area contributed by atoms with Crippen molar-refractivity contribution in [3.63, 3.8) is 0 Å². The molecule has 0 aliphatic heterocycles. The second kappa shape index (κ2) is 4.53. The molecule has 1 amide bonds. The van der Waals surface area contributed by atoms with E-state index in [9.17, 15) is 9.18 Å². The van der Waals surface area contributed by atoms with Gasteiger partial charge in [0.25, 0.3) is 5.91 Å². The lowest BCUT2D eigenvalue weighted by Gasteiger charge is -2.20. The van der Waals surface area contributed by atoms with Crippen LogP contribution in [0.2, 0.25) is 0 Å². The first-order valence-electron chi connectivity index (χ1n) is 5.39. The average molecular weight is 286 g/mol. The van der Waals surface area contributed by atoms with Crippen molar-refractivity contribution in [2.75, 3.05) is 6.54 Å². The van der Waals surface area contributed by atoms with Crippen LogP contribution in [0.1, 0.15) is 30.1 Å². The standard InChI is InChI=1S/C12H13BrFNO/c1-2-15(9-4-5-9)12(16)8-3-6-11(14)10(13)7-8/h3,6-7,9H,2,4-5H2,1H3. The monoisotopic (exact) mass is 285 g/mol. The second-order valence-electron chi connectivity index (χ2n) is 3.95. The lowest BCUT2D eigenvalue weighted by Crippen LogP contribution is -2.32. The van der Waals surface area contributed by atoms with E-state index in [-0.39, 0.29) is 11.7 Å². The van der Waals surface area contributed by atoms with Crippen molar-refractivity contribution in [3.05, 3.63) is 34.1 Å². The Balaban J connectivity index is 2.22. The first-order chi connectivity index (χ1) is 7.63. The molecular formula is C12H13BrFNO. The first-order valence-corrected chi connectivity index (χ1v) is 6.18. The Labute approximate surface area is 103 Å². The van der Waals surface area contributed by atoms with Crippen molar-refractivity contribution in [1.29, 1.82) is 0 Å². The molecule has 0 unspecified atom stereocenters. The molecule has 1 fully saturated rings. The molecular weight excluding hydrogens is 273 g/mol. The summed E-state index contributed by atoms with van der Waals surface area (Å²) >= 11 is 3.09. The van der Waals surface area contributed by atoms with Crippen molar-refractivity contribution >= 4 is 21.8 Å². The van der Waals surface area contributed by atoms with Gasteiger partial charge in [-0.3, -0.25) is 4.79 Å². The molecule has 0 atom stereocenters. The Kier molecular flexibility index (Phi) is 3.28. The molecule has 4 heteroatoms. The van der Waals surface area contributed by atoms with Crippen LogP contribution in [0.3, 0.4) is 0 Å². The highest BCUT2D eigenvalue weighted by Crippen LogP contribution is 2.28. The molecule has 1 saturated carbocycles. The van der Waals surface area contributed by atoms with Gasteiger partial charge in [0.2, 0.25) is 0 Å². The van der Waals surface area contributed by atoms with Crippen molar-refractivity contribution in [3.8, 4) is 0 Å². The lowest BCUT2D eigenvalue weighted by molar-refractivity contribution is 0.0752. The highest BCUT2D eigenvalue weighted by molar-refractivity contribution is 9.10. The highest BCUT2D eigenvalue weighted by atomic mass is 79.9. The molecule has 1 aliphatic rings. The van der Waals surface area contributed by atoms with E-state index >= 15 is 0 Å². The van der Waals surface area contributed by atoms with E-state index in [1.54, 1.807) is 6.07 Å². The van der Waals surface area contributed by atoms with Gasteiger partial charge in [0.05, 0.1) is 4.47 Å². The topological polar surface area (TPSA) is 20.3 Å². The number of rotatable bonds is 3. The maximum absolute atomic E-state index is 13.0. The summed E-state index contributed by atoms with van der Waals surface area (Å²) in [6.07, 6.45) is 2.17. The Morgan fingerprint density at radius 2 is 2.25 bits per heavy atom. The zero-order valence-corrected chi connectivity index (χ0v) is 10.6. The molecule has 0 N–H and O–H groups in total. The van der Waals surface area contributed by atoms with Gasteiger partial charge in [-0.05, 0) is 53.9 Å². The number of halogens is 2. The molecule has 16 heavy (non-hydrogen) atoms. The average Bonchev–Trinajstić information content (AvgIpc) is 3.07. The molecule has 0 bridgehead atoms. The van der Waals surface area contributed by atoms with Crippen molar-refractivity contribution in [2.24, 2.45) is 0 Å². The molecule has 1 aromatic rings. The normalized spacial score (nSPS) is 14.9. The predicted octanol–water partition coefficient (Wildman–Crippen LogP) is 3.21. The molecule has 86 valence electrons. The van der Waals surface area contributed by atoms with Crippen LogP contribution in [0.15, 0.2) is 22.7 Å². The van der Waals surface area contributed by atoms with Gasteiger partial charge in [0.15, 0.2) is 0 Å². The Hall–Kier alpha value is -0.900. The quantitative estimate of drug-likeness (QED) is 0.835. The summed E-state index contributed by atoms with van der Waals surface area (Å²) in [6, 6.07) is 4.79. The van der Waals surface area contributed by atoms with E-state index in [4.69, 9.17) is 0 Å². The molecule has 1 aliphatic carbocycles. The van der Waals surface area contributed by atoms with Crippen LogP contribution < -0.4 is 0 Å². The summed E-state index contributed by atoms with van der Waals surface area (Å²) in [5.41, 5.74) is 0.544. The van der Waals surface area contributed by atoms with E-state index in [1.807, 2.05) is 11.8 Å². The van der Waals surface area contributed by atoms with Gasteiger partial charge in [0.1, 0.15) is 5.82 Å². The molecule has 0 spiro atoms. The van der Waals surface area contributed by atoms with Crippen LogP contribution in [-0.2, 0) is 0 Å². The second-order valence-corrected chi connectivity index (χ2v) is 4.81. The summed E-state index contributed by atoms with van der Waals surface area (Å²) in [5.74, 6) is -0.350. The van der Waals surface area contributed by atoms with Crippen LogP contribution in [0.4, 0.5) is 4.39 Å². The molecule has 1 aromatic carbocycles. The van der Waals surface area contributed by atoms with E-state index in [1.165, 1.54) is 12.1 Å². The maximum atomic E-state index is 13.0. The van der Waals surface area contributed by atoms with Gasteiger partial charge in [-0.15, -0.1) is 0 Å². The van der Waals surface area contributed by atoms with Crippen LogP contribution in [0.25, 0.3) is 0 Å². The number of benzene rings is 1. The summed E-state index contributed by atoms with van der Waals surface area (Å²) < 4.78 is 13.4. The maximum Gasteiger partial charge on any atom is 0.254 e. The van der Waals surface area contributed by atoms with Gasteiger partial charge >= 0.3 is 0 Å². The van der Waals surface area contributed by atoms with E-state index in [0.717, 1.165) is 12.8 Å². The number of nitrogens with zero attached hydrogens (tertiary/aromatic N) is 1. The Bertz CT molecular complexity index is 417. The number of amides is 1. The SMILES string of the molecule is CCN(C(=O)c1ccc(F)c(Br)c1)C1CC1. The lowest BCUT2D eigenvalue weighted by atomic mass is 10.2. The highest BCUT2D eigenvalue weighted by Gasteiger charge is 2.31. The summed E-state index contributed by atoms with van der Waals surface area (Å²) in [7, 11) is 0. The first kappa shape index (κ1) is 11.6. The summed E-state index contributed by atoms with van der Waals surface area (Å²) in [5, 5.41) is 0. The Morgan fingerprint density at radius 3 is 2.75 bits per heavy atom. The third-order valence-corrected chi connectivity index (χ3v) is 3.36. The third kappa shape index (κ3) is 2.26. The van der Waals surface area contributed by atoms with Crippen LogP contribution in [-0.4, -0.2) is 23.4 Å². The summed E-state index contributed by atoms with van der Waals surface area (Å²) in [4.78, 5) is 14.0. The molecule has 0 heterocycles. The van der Waals surface area contributed by atoms with Gasteiger partial charge in [-0.1, -0.05) is 0 Å². The largest absolute Gasteiger partial charge is 0.336 e. The van der Waals surface area contributed by atoms with Crippen LogP contribution in [0, 0.1) is 5.82 Å². The minimum Gasteiger partial charge on any atom is -0.336 e. The minimum absolute atomic E-state index is 0.00861. The molecule has 0 aromatic heterocycles. The van der Waals surface area contributed by atoms with E-state index < -0.39 is 0 Å². The number of hydrogen-bond donors (Lipinski definition) is 0. The fraction of sp³-hybridized carbons (Fsp3) is 0.417. The molecule has 2 nitrogen and oxygen atoms in total. The van der Waals surface area contributed by atoms with Crippen molar-refractivity contribution in [1.82, 2.24) is 4.90 Å². The molecule has 0 saturated heterocycles. The van der Waals surface area contributed by atoms with Gasteiger partial charge in [-0.25, -0.2) is 4.39 Å². The fourth-order valence-electron chi connectivity index (χ4n) is 1.75. The summed E-state index contributed by atoms with van der Waals surface area (Å²) in [6.45, 7) is 2.67. The van der Waals surface area contributed by atoms with Crippen molar-refractivity contribution in [2.45, 2.75) is 25.8 Å². The van der Waals surface area contributed by atoms with Crippen LogP contribution in [0.5, 0.6) is 0 Å². The molecule has 2 rings (SSSR count). The fourth-order valence-corrected chi connectivity index (χ4v) is 2.13. The van der Waals surface area contributed by atoms with Gasteiger partial charge in [0, 0.05) is 18.2 Å². The van der Waals surface area contributed by atoms with Gasteiger partial charge in [-0.2, -0.15) is 0 Å².